The van der Waals surface area contributed by atoms with Gasteiger partial charge in [0.1, 0.15) is 5.76 Å². The van der Waals surface area contributed by atoms with E-state index in [4.69, 9.17) is 9.15 Å². The van der Waals surface area contributed by atoms with Gasteiger partial charge in [-0.25, -0.2) is 0 Å². The van der Waals surface area contributed by atoms with E-state index in [1.165, 1.54) is 18.4 Å². The molecule has 108 valence electrons. The molecule has 0 spiro atoms. The minimum absolute atomic E-state index is 0.478. The molecule has 1 heterocycles. The molecule has 1 aliphatic carbocycles. The first-order valence-corrected chi connectivity index (χ1v) is 7.22. The lowest BCUT2D eigenvalue weighted by atomic mass is 10.2. The SMILES string of the molecule is COCCN(Cc1ccoc1CNC(C)C)C1CC1. The van der Waals surface area contributed by atoms with E-state index in [9.17, 15) is 0 Å². The Balaban J connectivity index is 1.90. The zero-order valence-electron chi connectivity index (χ0n) is 12.3. The summed E-state index contributed by atoms with van der Waals surface area (Å²) in [6.45, 7) is 7.88. The van der Waals surface area contributed by atoms with E-state index in [1.807, 2.05) is 0 Å². The standard InChI is InChI=1S/C15H26N2O2/c1-12(2)16-10-15-13(6-8-19-15)11-17(7-9-18-3)14-4-5-14/h6,8,12,14,16H,4-5,7,9-11H2,1-3H3. The Morgan fingerprint density at radius 2 is 2.26 bits per heavy atom. The lowest BCUT2D eigenvalue weighted by molar-refractivity contribution is 0.139. The quantitative estimate of drug-likeness (QED) is 0.745. The van der Waals surface area contributed by atoms with Gasteiger partial charge in [-0.15, -0.1) is 0 Å². The van der Waals surface area contributed by atoms with Gasteiger partial charge in [-0.2, -0.15) is 0 Å². The minimum atomic E-state index is 0.478. The van der Waals surface area contributed by atoms with Crippen LogP contribution in [0.4, 0.5) is 0 Å². The number of hydrogen-bond acceptors (Lipinski definition) is 4. The molecule has 0 aromatic carbocycles. The van der Waals surface area contributed by atoms with Gasteiger partial charge in [-0.3, -0.25) is 4.90 Å². The van der Waals surface area contributed by atoms with E-state index >= 15 is 0 Å². The lowest BCUT2D eigenvalue weighted by Gasteiger charge is -2.21. The van der Waals surface area contributed by atoms with Gasteiger partial charge < -0.3 is 14.5 Å². The minimum Gasteiger partial charge on any atom is -0.468 e. The number of ether oxygens (including phenoxy) is 1. The largest absolute Gasteiger partial charge is 0.468 e. The maximum absolute atomic E-state index is 5.60. The van der Waals surface area contributed by atoms with Gasteiger partial charge >= 0.3 is 0 Å². The van der Waals surface area contributed by atoms with Crippen molar-refractivity contribution in [1.29, 1.82) is 0 Å². The Bertz CT molecular complexity index is 372. The molecule has 0 saturated heterocycles. The number of furan rings is 1. The van der Waals surface area contributed by atoms with Crippen LogP contribution in [-0.2, 0) is 17.8 Å². The van der Waals surface area contributed by atoms with Crippen molar-refractivity contribution < 1.29 is 9.15 Å². The first-order valence-electron chi connectivity index (χ1n) is 7.22. The predicted octanol–water partition coefficient (Wildman–Crippen LogP) is 2.39. The number of methoxy groups -OCH3 is 1. The van der Waals surface area contributed by atoms with Crippen LogP contribution >= 0.6 is 0 Å². The van der Waals surface area contributed by atoms with E-state index in [0.717, 1.165) is 38.0 Å². The fraction of sp³-hybridized carbons (Fsp3) is 0.733. The molecule has 4 nitrogen and oxygen atoms in total. The average Bonchev–Trinajstić information content (AvgIpc) is 3.13. The summed E-state index contributed by atoms with van der Waals surface area (Å²) < 4.78 is 10.8. The summed E-state index contributed by atoms with van der Waals surface area (Å²) in [5.41, 5.74) is 1.30. The van der Waals surface area contributed by atoms with Crippen molar-refractivity contribution in [3.05, 3.63) is 23.7 Å². The summed E-state index contributed by atoms with van der Waals surface area (Å²) in [7, 11) is 1.76. The fourth-order valence-electron chi connectivity index (χ4n) is 2.22. The van der Waals surface area contributed by atoms with E-state index in [2.05, 4.69) is 30.1 Å². The Labute approximate surface area is 116 Å². The first-order chi connectivity index (χ1) is 9.20. The normalized spacial score (nSPS) is 15.6. The Morgan fingerprint density at radius 1 is 1.47 bits per heavy atom. The number of hydrogen-bond donors (Lipinski definition) is 1. The highest BCUT2D eigenvalue weighted by atomic mass is 16.5. The smallest absolute Gasteiger partial charge is 0.122 e. The molecule has 1 aromatic rings. The molecule has 0 bridgehead atoms. The van der Waals surface area contributed by atoms with Crippen molar-refractivity contribution in [2.75, 3.05) is 20.3 Å². The molecule has 4 heteroatoms. The molecule has 1 N–H and O–H groups in total. The van der Waals surface area contributed by atoms with E-state index in [-0.39, 0.29) is 0 Å². The van der Waals surface area contributed by atoms with Crippen molar-refractivity contribution in [3.8, 4) is 0 Å². The van der Waals surface area contributed by atoms with Crippen molar-refractivity contribution in [2.24, 2.45) is 0 Å². The van der Waals surface area contributed by atoms with Crippen LogP contribution in [0.5, 0.6) is 0 Å². The summed E-state index contributed by atoms with van der Waals surface area (Å²) >= 11 is 0. The molecular weight excluding hydrogens is 240 g/mol. The van der Waals surface area contributed by atoms with Gasteiger partial charge in [0.2, 0.25) is 0 Å². The molecule has 0 unspecified atom stereocenters. The first kappa shape index (κ1) is 14.6. The van der Waals surface area contributed by atoms with Crippen molar-refractivity contribution in [1.82, 2.24) is 10.2 Å². The summed E-state index contributed by atoms with van der Waals surface area (Å²) in [6, 6.07) is 3.32. The fourth-order valence-corrected chi connectivity index (χ4v) is 2.22. The maximum atomic E-state index is 5.60. The second kappa shape index (κ2) is 7.08. The van der Waals surface area contributed by atoms with Crippen LogP contribution < -0.4 is 5.32 Å². The third kappa shape index (κ3) is 4.64. The third-order valence-corrected chi connectivity index (χ3v) is 3.53. The number of rotatable bonds is 9. The van der Waals surface area contributed by atoms with Gasteiger partial charge in [-0.1, -0.05) is 13.8 Å². The summed E-state index contributed by atoms with van der Waals surface area (Å²) in [5, 5.41) is 3.41. The molecule has 0 atom stereocenters. The van der Waals surface area contributed by atoms with Crippen LogP contribution in [0.2, 0.25) is 0 Å². The van der Waals surface area contributed by atoms with E-state index in [0.29, 0.717) is 6.04 Å². The number of nitrogens with zero attached hydrogens (tertiary/aromatic N) is 1. The summed E-state index contributed by atoms with van der Waals surface area (Å²) in [6.07, 6.45) is 4.44. The van der Waals surface area contributed by atoms with Gasteiger partial charge in [0, 0.05) is 37.8 Å². The van der Waals surface area contributed by atoms with Crippen LogP contribution in [0.1, 0.15) is 38.0 Å². The summed E-state index contributed by atoms with van der Waals surface area (Å²) in [5.74, 6) is 1.07. The Morgan fingerprint density at radius 3 is 2.89 bits per heavy atom. The average molecular weight is 266 g/mol. The second-order valence-electron chi connectivity index (χ2n) is 5.60. The molecule has 1 saturated carbocycles. The Hall–Kier alpha value is -0.840. The molecule has 0 aliphatic heterocycles. The summed E-state index contributed by atoms with van der Waals surface area (Å²) in [4.78, 5) is 2.51. The van der Waals surface area contributed by atoms with Gasteiger partial charge in [-0.05, 0) is 18.9 Å². The molecule has 0 radical (unpaired) electrons. The van der Waals surface area contributed by atoms with Crippen molar-refractivity contribution in [3.63, 3.8) is 0 Å². The monoisotopic (exact) mass is 266 g/mol. The highest BCUT2D eigenvalue weighted by Gasteiger charge is 2.29. The molecule has 19 heavy (non-hydrogen) atoms. The molecule has 1 aliphatic rings. The highest BCUT2D eigenvalue weighted by Crippen LogP contribution is 2.28. The molecular formula is C15H26N2O2. The van der Waals surface area contributed by atoms with Crippen LogP contribution in [0.15, 0.2) is 16.7 Å². The van der Waals surface area contributed by atoms with E-state index < -0.39 is 0 Å². The topological polar surface area (TPSA) is 37.6 Å². The molecule has 1 fully saturated rings. The lowest BCUT2D eigenvalue weighted by Crippen LogP contribution is -2.30. The zero-order chi connectivity index (χ0) is 13.7. The van der Waals surface area contributed by atoms with Crippen molar-refractivity contribution in [2.45, 2.75) is 51.9 Å². The zero-order valence-corrected chi connectivity index (χ0v) is 12.3. The van der Waals surface area contributed by atoms with Crippen LogP contribution in [0.25, 0.3) is 0 Å². The van der Waals surface area contributed by atoms with E-state index in [1.54, 1.807) is 13.4 Å². The van der Waals surface area contributed by atoms with Crippen LogP contribution in [-0.4, -0.2) is 37.2 Å². The van der Waals surface area contributed by atoms with Crippen LogP contribution in [0, 0.1) is 0 Å². The van der Waals surface area contributed by atoms with Gasteiger partial charge in [0.15, 0.2) is 0 Å². The van der Waals surface area contributed by atoms with Crippen molar-refractivity contribution >= 4 is 0 Å². The molecule has 1 aromatic heterocycles. The predicted molar refractivity (Wildman–Crippen MR) is 76.0 cm³/mol. The molecule has 2 rings (SSSR count). The van der Waals surface area contributed by atoms with Crippen LogP contribution in [0.3, 0.4) is 0 Å². The van der Waals surface area contributed by atoms with Gasteiger partial charge in [0.05, 0.1) is 19.4 Å². The second-order valence-corrected chi connectivity index (χ2v) is 5.60. The molecule has 0 amide bonds. The van der Waals surface area contributed by atoms with Gasteiger partial charge in [0.25, 0.3) is 0 Å². The highest BCUT2D eigenvalue weighted by molar-refractivity contribution is 5.17. The third-order valence-electron chi connectivity index (χ3n) is 3.53. The maximum Gasteiger partial charge on any atom is 0.122 e. The number of nitrogens with one attached hydrogen (secondary N) is 1. The Kier molecular flexibility index (Phi) is 5.43.